The van der Waals surface area contributed by atoms with Crippen LogP contribution in [0.3, 0.4) is 0 Å². The zero-order valence-electron chi connectivity index (χ0n) is 11.7. The summed E-state index contributed by atoms with van der Waals surface area (Å²) in [7, 11) is 0. The summed E-state index contributed by atoms with van der Waals surface area (Å²) in [5, 5.41) is 12.9. The Morgan fingerprint density at radius 3 is 2.24 bits per heavy atom. The second kappa shape index (κ2) is 6.42. The number of hydrogen-bond donors (Lipinski definition) is 1. The third kappa shape index (κ3) is 3.34. The van der Waals surface area contributed by atoms with Crippen molar-refractivity contribution in [2.24, 2.45) is 0 Å². The van der Waals surface area contributed by atoms with Crippen LogP contribution in [0.2, 0.25) is 0 Å². The molecule has 0 aliphatic rings. The van der Waals surface area contributed by atoms with Crippen LogP contribution in [0.15, 0.2) is 71.2 Å². The average Bonchev–Trinajstić information content (AvgIpc) is 2.50. The van der Waals surface area contributed by atoms with Gasteiger partial charge in [0.25, 0.3) is 0 Å². The molecule has 1 atom stereocenters. The van der Waals surface area contributed by atoms with Crippen LogP contribution < -0.4 is 0 Å². The van der Waals surface area contributed by atoms with Crippen LogP contribution in [0.1, 0.15) is 11.1 Å². The molecule has 0 aromatic heterocycles. The van der Waals surface area contributed by atoms with Crippen LogP contribution >= 0.6 is 15.9 Å². The molecule has 0 amide bonds. The first kappa shape index (κ1) is 14.3. The maximum absolute atomic E-state index is 10.4. The van der Waals surface area contributed by atoms with Crippen molar-refractivity contribution in [2.45, 2.75) is 18.9 Å². The SMILES string of the molecule is OC(Cc1ccccc1Br)Cc1cccc2ccccc12. The molecule has 2 heteroatoms. The second-order valence-electron chi connectivity index (χ2n) is 5.29. The number of benzene rings is 3. The van der Waals surface area contributed by atoms with Crippen molar-refractivity contribution in [3.63, 3.8) is 0 Å². The van der Waals surface area contributed by atoms with Gasteiger partial charge in [-0.3, -0.25) is 0 Å². The van der Waals surface area contributed by atoms with Crippen LogP contribution in [0, 0.1) is 0 Å². The van der Waals surface area contributed by atoms with E-state index < -0.39 is 0 Å². The van der Waals surface area contributed by atoms with Gasteiger partial charge in [0.2, 0.25) is 0 Å². The standard InChI is InChI=1S/C19H17BrO/c20-19-11-4-2-7-16(19)13-17(21)12-15-9-5-8-14-6-1-3-10-18(14)15/h1-11,17,21H,12-13H2. The molecule has 21 heavy (non-hydrogen) atoms. The fraction of sp³-hybridized carbons (Fsp3) is 0.158. The lowest BCUT2D eigenvalue weighted by Gasteiger charge is -2.13. The summed E-state index contributed by atoms with van der Waals surface area (Å²) in [5.41, 5.74) is 2.35. The molecule has 0 fully saturated rings. The molecule has 0 aliphatic carbocycles. The average molecular weight is 341 g/mol. The molecule has 0 radical (unpaired) electrons. The van der Waals surface area contributed by atoms with Gasteiger partial charge in [-0.25, -0.2) is 0 Å². The third-order valence-corrected chi connectivity index (χ3v) is 4.52. The molecule has 1 unspecified atom stereocenters. The number of aliphatic hydroxyl groups is 1. The Labute approximate surface area is 133 Å². The highest BCUT2D eigenvalue weighted by Gasteiger charge is 2.10. The minimum Gasteiger partial charge on any atom is -0.392 e. The highest BCUT2D eigenvalue weighted by Crippen LogP contribution is 2.22. The molecule has 3 aromatic rings. The normalized spacial score (nSPS) is 12.5. The maximum Gasteiger partial charge on any atom is 0.0621 e. The highest BCUT2D eigenvalue weighted by molar-refractivity contribution is 9.10. The molecule has 0 saturated carbocycles. The number of rotatable bonds is 4. The molecule has 0 heterocycles. The third-order valence-electron chi connectivity index (χ3n) is 3.75. The van der Waals surface area contributed by atoms with Crippen LogP contribution in [0.4, 0.5) is 0 Å². The second-order valence-corrected chi connectivity index (χ2v) is 6.15. The fourth-order valence-electron chi connectivity index (χ4n) is 2.71. The van der Waals surface area contributed by atoms with Gasteiger partial charge in [-0.05, 0) is 40.8 Å². The monoisotopic (exact) mass is 340 g/mol. The predicted octanol–water partition coefficient (Wildman–Crippen LogP) is 4.75. The lowest BCUT2D eigenvalue weighted by molar-refractivity contribution is 0.175. The maximum atomic E-state index is 10.4. The van der Waals surface area contributed by atoms with E-state index in [0.717, 1.165) is 10.0 Å². The van der Waals surface area contributed by atoms with Gasteiger partial charge in [0.15, 0.2) is 0 Å². The first-order valence-corrected chi connectivity index (χ1v) is 7.91. The van der Waals surface area contributed by atoms with Crippen molar-refractivity contribution in [1.82, 2.24) is 0 Å². The van der Waals surface area contributed by atoms with Gasteiger partial charge in [0.05, 0.1) is 6.10 Å². The van der Waals surface area contributed by atoms with Crippen molar-refractivity contribution < 1.29 is 5.11 Å². The summed E-state index contributed by atoms with van der Waals surface area (Å²) in [6.45, 7) is 0. The summed E-state index contributed by atoms with van der Waals surface area (Å²) >= 11 is 3.54. The quantitative estimate of drug-likeness (QED) is 0.726. The zero-order valence-corrected chi connectivity index (χ0v) is 13.3. The Hall–Kier alpha value is -1.64. The Kier molecular flexibility index (Phi) is 4.37. The molecule has 0 spiro atoms. The summed E-state index contributed by atoms with van der Waals surface area (Å²) in [6.07, 6.45) is 0.947. The molecular formula is C19H17BrO. The van der Waals surface area contributed by atoms with Crippen LogP contribution in [-0.2, 0) is 12.8 Å². The van der Waals surface area contributed by atoms with Crippen LogP contribution in [0.25, 0.3) is 10.8 Å². The molecule has 106 valence electrons. The van der Waals surface area contributed by atoms with Gasteiger partial charge < -0.3 is 5.11 Å². The largest absolute Gasteiger partial charge is 0.392 e. The minimum atomic E-state index is -0.380. The van der Waals surface area contributed by atoms with Gasteiger partial charge in [-0.1, -0.05) is 76.6 Å². The molecule has 0 bridgehead atoms. The predicted molar refractivity (Wildman–Crippen MR) is 91.5 cm³/mol. The Balaban J connectivity index is 1.81. The molecule has 1 N–H and O–H groups in total. The van der Waals surface area contributed by atoms with Gasteiger partial charge in [0.1, 0.15) is 0 Å². The molecule has 0 saturated heterocycles. The lowest BCUT2D eigenvalue weighted by Crippen LogP contribution is -2.14. The topological polar surface area (TPSA) is 20.2 Å². The molecule has 3 rings (SSSR count). The van der Waals surface area contributed by atoms with Gasteiger partial charge in [-0.15, -0.1) is 0 Å². The molecule has 3 aromatic carbocycles. The van der Waals surface area contributed by atoms with E-state index in [4.69, 9.17) is 0 Å². The number of aliphatic hydroxyl groups excluding tert-OH is 1. The summed E-state index contributed by atoms with van der Waals surface area (Å²) in [5.74, 6) is 0. The fourth-order valence-corrected chi connectivity index (χ4v) is 3.16. The number of hydrogen-bond acceptors (Lipinski definition) is 1. The zero-order chi connectivity index (χ0) is 14.7. The van der Waals surface area contributed by atoms with E-state index in [9.17, 15) is 5.11 Å². The van der Waals surface area contributed by atoms with Crippen LogP contribution in [0.5, 0.6) is 0 Å². The van der Waals surface area contributed by atoms with Crippen molar-refractivity contribution in [2.75, 3.05) is 0 Å². The summed E-state index contributed by atoms with van der Waals surface area (Å²) in [4.78, 5) is 0. The lowest BCUT2D eigenvalue weighted by atomic mass is 9.97. The summed E-state index contributed by atoms with van der Waals surface area (Å²) < 4.78 is 1.06. The number of halogens is 1. The Morgan fingerprint density at radius 2 is 1.38 bits per heavy atom. The Bertz CT molecular complexity index is 746. The van der Waals surface area contributed by atoms with Gasteiger partial charge in [0, 0.05) is 4.47 Å². The van der Waals surface area contributed by atoms with E-state index in [0.29, 0.717) is 12.8 Å². The van der Waals surface area contributed by atoms with E-state index in [1.165, 1.54) is 16.3 Å². The van der Waals surface area contributed by atoms with Gasteiger partial charge in [-0.2, -0.15) is 0 Å². The Morgan fingerprint density at radius 1 is 0.762 bits per heavy atom. The van der Waals surface area contributed by atoms with Crippen molar-refractivity contribution >= 4 is 26.7 Å². The van der Waals surface area contributed by atoms with E-state index in [1.807, 2.05) is 30.3 Å². The van der Waals surface area contributed by atoms with Crippen LogP contribution in [-0.4, -0.2) is 11.2 Å². The molecular weight excluding hydrogens is 324 g/mol. The first-order valence-electron chi connectivity index (χ1n) is 7.12. The molecule has 1 nitrogen and oxygen atoms in total. The number of fused-ring (bicyclic) bond motifs is 1. The van der Waals surface area contributed by atoms with Gasteiger partial charge >= 0.3 is 0 Å². The smallest absolute Gasteiger partial charge is 0.0621 e. The van der Waals surface area contributed by atoms with E-state index in [-0.39, 0.29) is 6.10 Å². The van der Waals surface area contributed by atoms with Crippen molar-refractivity contribution in [1.29, 1.82) is 0 Å². The minimum absolute atomic E-state index is 0.380. The summed E-state index contributed by atoms with van der Waals surface area (Å²) in [6, 6.07) is 22.7. The molecule has 0 aliphatic heterocycles. The van der Waals surface area contributed by atoms with E-state index in [2.05, 4.69) is 52.3 Å². The van der Waals surface area contributed by atoms with Crippen molar-refractivity contribution in [3.05, 3.63) is 82.3 Å². The first-order chi connectivity index (χ1) is 10.2. The highest BCUT2D eigenvalue weighted by atomic mass is 79.9. The van der Waals surface area contributed by atoms with E-state index >= 15 is 0 Å². The van der Waals surface area contributed by atoms with Crippen molar-refractivity contribution in [3.8, 4) is 0 Å². The van der Waals surface area contributed by atoms with E-state index in [1.54, 1.807) is 0 Å².